The molecule has 0 unspecified atom stereocenters. The minimum Gasteiger partial charge on any atom is -0.389 e. The smallest absolute Gasteiger partial charge is 0.0720 e. The van der Waals surface area contributed by atoms with Gasteiger partial charge < -0.3 is 10.2 Å². The highest BCUT2D eigenvalue weighted by molar-refractivity contribution is 5.37. The molecule has 0 aromatic carbocycles. The van der Waals surface area contributed by atoms with Gasteiger partial charge in [0, 0.05) is 11.3 Å². The van der Waals surface area contributed by atoms with Crippen LogP contribution < -0.4 is 0 Å². The van der Waals surface area contributed by atoms with Crippen LogP contribution in [0.4, 0.5) is 0 Å². The van der Waals surface area contributed by atoms with Crippen LogP contribution in [0.3, 0.4) is 0 Å². The molecule has 2 N–H and O–H groups in total. The summed E-state index contributed by atoms with van der Waals surface area (Å²) >= 11 is 0. The van der Waals surface area contributed by atoms with E-state index in [1.807, 2.05) is 6.92 Å². The van der Waals surface area contributed by atoms with E-state index in [0.29, 0.717) is 0 Å². The molecule has 0 spiro atoms. The van der Waals surface area contributed by atoms with E-state index >= 15 is 0 Å². The van der Waals surface area contributed by atoms with E-state index in [2.05, 4.69) is 26.8 Å². The molecule has 3 aliphatic rings. The average Bonchev–Trinajstić information content (AvgIpc) is 2.51. The Morgan fingerprint density at radius 2 is 1.76 bits per heavy atom. The topological polar surface area (TPSA) is 40.5 Å². The van der Waals surface area contributed by atoms with Crippen molar-refractivity contribution in [3.8, 4) is 0 Å². The van der Waals surface area contributed by atoms with Gasteiger partial charge in [-0.1, -0.05) is 32.4 Å². The molecule has 0 amide bonds. The van der Waals surface area contributed by atoms with Gasteiger partial charge in [0.05, 0.1) is 11.2 Å². The van der Waals surface area contributed by atoms with Crippen molar-refractivity contribution in [2.45, 2.75) is 64.6 Å². The lowest BCUT2D eigenvalue weighted by Crippen LogP contribution is -2.56. The largest absolute Gasteiger partial charge is 0.389 e. The first kappa shape index (κ1) is 11.7. The van der Waals surface area contributed by atoms with Crippen molar-refractivity contribution >= 4 is 0 Å². The maximum atomic E-state index is 11.0. The lowest BCUT2D eigenvalue weighted by Gasteiger charge is -2.55. The zero-order valence-corrected chi connectivity index (χ0v) is 11.4. The molecule has 96 valence electrons. The summed E-state index contributed by atoms with van der Waals surface area (Å²) in [6.45, 7) is 8.60. The van der Waals surface area contributed by atoms with Crippen molar-refractivity contribution in [1.29, 1.82) is 0 Å². The predicted octanol–water partition coefficient (Wildman–Crippen LogP) is 2.64. The fourth-order valence-corrected chi connectivity index (χ4v) is 4.67. The molecule has 0 aliphatic heterocycles. The van der Waals surface area contributed by atoms with E-state index < -0.39 is 11.2 Å². The van der Waals surface area contributed by atoms with Crippen LogP contribution in [0.15, 0.2) is 11.6 Å². The Morgan fingerprint density at radius 3 is 2.41 bits per heavy atom. The van der Waals surface area contributed by atoms with Crippen molar-refractivity contribution in [1.82, 2.24) is 0 Å². The molecular weight excluding hydrogens is 212 g/mol. The Morgan fingerprint density at radius 1 is 1.12 bits per heavy atom. The summed E-state index contributed by atoms with van der Waals surface area (Å²) in [7, 11) is 0. The third-order valence-electron chi connectivity index (χ3n) is 6.62. The number of aliphatic hydroxyl groups is 2. The molecule has 0 heterocycles. The number of rotatable bonds is 0. The van der Waals surface area contributed by atoms with Crippen molar-refractivity contribution < 1.29 is 10.2 Å². The Balaban J connectivity index is 2.14. The molecule has 3 rings (SSSR count). The highest BCUT2D eigenvalue weighted by Crippen LogP contribution is 2.70. The molecule has 0 radical (unpaired) electrons. The summed E-state index contributed by atoms with van der Waals surface area (Å²) in [5.74, 6) is 0.160. The first-order valence-corrected chi connectivity index (χ1v) is 6.79. The van der Waals surface area contributed by atoms with E-state index in [4.69, 9.17) is 0 Å². The van der Waals surface area contributed by atoms with Crippen LogP contribution in [0.5, 0.6) is 0 Å². The van der Waals surface area contributed by atoms with Gasteiger partial charge >= 0.3 is 0 Å². The van der Waals surface area contributed by atoms with Gasteiger partial charge in [-0.05, 0) is 38.0 Å². The molecular formula is C15H24O2. The second-order valence-electron chi connectivity index (χ2n) is 7.47. The molecule has 17 heavy (non-hydrogen) atoms. The molecule has 4 atom stereocenters. The minimum atomic E-state index is -0.647. The van der Waals surface area contributed by atoms with Crippen molar-refractivity contribution in [2.75, 3.05) is 0 Å². The molecule has 2 saturated carbocycles. The van der Waals surface area contributed by atoms with Crippen LogP contribution in [-0.2, 0) is 0 Å². The summed E-state index contributed by atoms with van der Waals surface area (Å²) < 4.78 is 0. The third kappa shape index (κ3) is 1.09. The maximum Gasteiger partial charge on any atom is 0.0720 e. The van der Waals surface area contributed by atoms with Crippen LogP contribution in [0, 0.1) is 16.7 Å². The van der Waals surface area contributed by atoms with Crippen LogP contribution in [0.1, 0.15) is 53.4 Å². The summed E-state index contributed by atoms with van der Waals surface area (Å²) in [6, 6.07) is 0. The van der Waals surface area contributed by atoms with Crippen LogP contribution in [0.25, 0.3) is 0 Å². The predicted molar refractivity (Wildman–Crippen MR) is 67.5 cm³/mol. The first-order valence-electron chi connectivity index (χ1n) is 6.79. The summed E-state index contributed by atoms with van der Waals surface area (Å²) in [5.41, 5.74) is 0.145. The molecule has 0 aromatic rings. The van der Waals surface area contributed by atoms with Crippen LogP contribution in [-0.4, -0.2) is 21.4 Å². The zero-order valence-electron chi connectivity index (χ0n) is 11.4. The van der Waals surface area contributed by atoms with Gasteiger partial charge in [-0.2, -0.15) is 0 Å². The number of hydrogen-bond acceptors (Lipinski definition) is 2. The van der Waals surface area contributed by atoms with Crippen molar-refractivity contribution in [3.63, 3.8) is 0 Å². The van der Waals surface area contributed by atoms with E-state index in [0.717, 1.165) is 25.7 Å². The summed E-state index contributed by atoms with van der Waals surface area (Å²) in [5, 5.41) is 21.4. The second kappa shape index (κ2) is 2.80. The molecule has 2 nitrogen and oxygen atoms in total. The first-order chi connectivity index (χ1) is 7.64. The van der Waals surface area contributed by atoms with Gasteiger partial charge in [-0.3, -0.25) is 0 Å². The molecule has 3 aliphatic carbocycles. The highest BCUT2D eigenvalue weighted by atomic mass is 16.3. The van der Waals surface area contributed by atoms with Crippen LogP contribution >= 0.6 is 0 Å². The van der Waals surface area contributed by atoms with Gasteiger partial charge in [-0.25, -0.2) is 0 Å². The van der Waals surface area contributed by atoms with Gasteiger partial charge in [0.1, 0.15) is 0 Å². The lowest BCUT2D eigenvalue weighted by molar-refractivity contribution is -0.131. The Kier molecular flexibility index (Phi) is 1.93. The average molecular weight is 236 g/mol. The molecule has 0 saturated heterocycles. The summed E-state index contributed by atoms with van der Waals surface area (Å²) in [4.78, 5) is 0. The Hall–Kier alpha value is -0.340. The van der Waals surface area contributed by atoms with Crippen molar-refractivity contribution in [2.24, 2.45) is 16.7 Å². The normalized spacial score (nSPS) is 55.6. The van der Waals surface area contributed by atoms with Gasteiger partial charge in [0.15, 0.2) is 0 Å². The lowest BCUT2D eigenvalue weighted by atomic mass is 9.52. The third-order valence-corrected chi connectivity index (χ3v) is 6.62. The zero-order chi connectivity index (χ0) is 12.7. The standard InChI is InChI=1S/C15H24O2/c1-12(2)13(3)7-8-15(12,17)9-11-10(13)5-6-14(11,4)16/h5,11,16-17H,6-9H2,1-4H3/t11-,13+,14-,15+/m1/s1. The molecule has 2 heteroatoms. The quantitative estimate of drug-likeness (QED) is 0.635. The monoisotopic (exact) mass is 236 g/mol. The molecule has 2 fully saturated rings. The second-order valence-corrected chi connectivity index (χ2v) is 7.47. The van der Waals surface area contributed by atoms with Gasteiger partial charge in [-0.15, -0.1) is 0 Å². The summed E-state index contributed by atoms with van der Waals surface area (Å²) in [6.07, 6.45) is 5.65. The fraction of sp³-hybridized carbons (Fsp3) is 0.867. The number of fused-ring (bicyclic) bond motifs is 4. The van der Waals surface area contributed by atoms with Crippen molar-refractivity contribution in [3.05, 3.63) is 11.6 Å². The minimum absolute atomic E-state index is 0.0607. The van der Waals surface area contributed by atoms with E-state index in [1.165, 1.54) is 5.57 Å². The molecule has 2 bridgehead atoms. The highest BCUT2D eigenvalue weighted by Gasteiger charge is 2.68. The number of hydrogen-bond donors (Lipinski definition) is 2. The fourth-order valence-electron chi connectivity index (χ4n) is 4.67. The van der Waals surface area contributed by atoms with Gasteiger partial charge in [0.25, 0.3) is 0 Å². The van der Waals surface area contributed by atoms with E-state index in [1.54, 1.807) is 0 Å². The maximum absolute atomic E-state index is 11.0. The molecule has 0 aromatic heterocycles. The van der Waals surface area contributed by atoms with E-state index in [-0.39, 0.29) is 16.7 Å². The SMILES string of the molecule is CC1(C)[C@]2(O)CC[C@@]1(C)C1=CC[C@@](C)(O)[C@@H]1C2. The van der Waals surface area contributed by atoms with Crippen LogP contribution in [0.2, 0.25) is 0 Å². The van der Waals surface area contributed by atoms with Gasteiger partial charge in [0.2, 0.25) is 0 Å². The Bertz CT molecular complexity index is 407. The van der Waals surface area contributed by atoms with E-state index in [9.17, 15) is 10.2 Å². The Labute approximate surface area is 104 Å².